The molecule has 0 radical (unpaired) electrons. The van der Waals surface area contributed by atoms with Crippen molar-refractivity contribution in [2.75, 3.05) is 29.7 Å². The molecular formula is C14H18BrN3S. The predicted octanol–water partition coefficient (Wildman–Crippen LogP) is 3.77. The average Bonchev–Trinajstić information content (AvgIpc) is 2.39. The van der Waals surface area contributed by atoms with Crippen molar-refractivity contribution in [3.63, 3.8) is 0 Å². The van der Waals surface area contributed by atoms with E-state index in [4.69, 9.17) is 5.73 Å². The highest BCUT2D eigenvalue weighted by Crippen LogP contribution is 2.31. The van der Waals surface area contributed by atoms with Gasteiger partial charge >= 0.3 is 0 Å². The normalized spacial score (nSPS) is 12.6. The van der Waals surface area contributed by atoms with E-state index in [2.05, 4.69) is 52.1 Å². The minimum atomic E-state index is 0.451. The van der Waals surface area contributed by atoms with Gasteiger partial charge in [0.1, 0.15) is 0 Å². The van der Waals surface area contributed by atoms with Gasteiger partial charge in [-0.15, -0.1) is 0 Å². The van der Waals surface area contributed by atoms with Crippen LogP contribution in [0.4, 0.5) is 11.4 Å². The summed E-state index contributed by atoms with van der Waals surface area (Å²) in [5.74, 6) is 1.08. The first-order valence-corrected chi connectivity index (χ1v) is 8.28. The van der Waals surface area contributed by atoms with Crippen LogP contribution in [0, 0.1) is 0 Å². The summed E-state index contributed by atoms with van der Waals surface area (Å²) in [6.07, 6.45) is 3.94. The fraction of sp³-hybridized carbons (Fsp3) is 0.357. The summed E-state index contributed by atoms with van der Waals surface area (Å²) in [5, 5.41) is 0.995. The van der Waals surface area contributed by atoms with E-state index in [9.17, 15) is 0 Å². The molecule has 1 atom stereocenters. The maximum absolute atomic E-state index is 6.05. The molecule has 0 aliphatic heterocycles. The number of fused-ring (bicyclic) bond motifs is 1. The van der Waals surface area contributed by atoms with Crippen molar-refractivity contribution >= 4 is 50.0 Å². The minimum Gasteiger partial charge on any atom is -0.398 e. The summed E-state index contributed by atoms with van der Waals surface area (Å²) in [6, 6.07) is 6.48. The number of aromatic nitrogens is 1. The van der Waals surface area contributed by atoms with E-state index in [0.29, 0.717) is 6.04 Å². The first-order chi connectivity index (χ1) is 9.04. The van der Waals surface area contributed by atoms with E-state index in [0.717, 1.165) is 32.5 Å². The third-order valence-corrected chi connectivity index (χ3v) is 4.53. The third-order valence-electron chi connectivity index (χ3n) is 3.28. The van der Waals surface area contributed by atoms with Crippen LogP contribution in [-0.4, -0.2) is 30.1 Å². The van der Waals surface area contributed by atoms with Gasteiger partial charge in [0.25, 0.3) is 0 Å². The van der Waals surface area contributed by atoms with Crippen molar-refractivity contribution < 1.29 is 0 Å². The second-order valence-electron chi connectivity index (χ2n) is 4.64. The lowest BCUT2D eigenvalue weighted by atomic mass is 10.1. The summed E-state index contributed by atoms with van der Waals surface area (Å²) in [6.45, 7) is 2.22. The lowest BCUT2D eigenvalue weighted by Crippen LogP contribution is -2.31. The number of nitrogens with zero attached hydrogens (tertiary/aromatic N) is 2. The highest BCUT2D eigenvalue weighted by Gasteiger charge is 2.14. The largest absolute Gasteiger partial charge is 0.398 e. The van der Waals surface area contributed by atoms with E-state index < -0.39 is 0 Å². The van der Waals surface area contributed by atoms with Gasteiger partial charge in [-0.2, -0.15) is 11.8 Å². The molecule has 0 aliphatic carbocycles. The van der Waals surface area contributed by atoms with Crippen molar-refractivity contribution in [3.8, 4) is 0 Å². The molecule has 0 spiro atoms. The Bertz CT molecular complexity index is 588. The van der Waals surface area contributed by atoms with E-state index in [1.165, 1.54) is 0 Å². The van der Waals surface area contributed by atoms with Crippen LogP contribution in [0.1, 0.15) is 6.92 Å². The molecule has 0 saturated heterocycles. The van der Waals surface area contributed by atoms with Gasteiger partial charge < -0.3 is 10.6 Å². The predicted molar refractivity (Wildman–Crippen MR) is 90.1 cm³/mol. The van der Waals surface area contributed by atoms with Crippen LogP contribution in [0.5, 0.6) is 0 Å². The smallest absolute Gasteiger partial charge is 0.0956 e. The van der Waals surface area contributed by atoms with Crippen LogP contribution >= 0.6 is 27.7 Å². The summed E-state index contributed by atoms with van der Waals surface area (Å²) in [7, 11) is 2.11. The SMILES string of the molecule is CSCC(C)N(C)c1ccc(N)c2cc(Br)cnc12. The zero-order chi connectivity index (χ0) is 14.0. The Hall–Kier alpha value is -0.940. The number of benzene rings is 1. The van der Waals surface area contributed by atoms with Crippen LogP contribution in [-0.2, 0) is 0 Å². The number of nitrogen functional groups attached to an aromatic ring is 1. The maximum Gasteiger partial charge on any atom is 0.0956 e. The fourth-order valence-corrected chi connectivity index (χ4v) is 3.11. The molecule has 0 saturated carbocycles. The number of thioether (sulfide) groups is 1. The molecule has 1 aromatic carbocycles. The van der Waals surface area contributed by atoms with Crippen molar-refractivity contribution in [1.29, 1.82) is 0 Å². The number of anilines is 2. The lowest BCUT2D eigenvalue weighted by molar-refractivity contribution is 0.767. The molecule has 19 heavy (non-hydrogen) atoms. The quantitative estimate of drug-likeness (QED) is 0.861. The molecule has 1 heterocycles. The molecule has 2 aromatic rings. The van der Waals surface area contributed by atoms with Crippen LogP contribution in [0.25, 0.3) is 10.9 Å². The Morgan fingerprint density at radius 3 is 2.89 bits per heavy atom. The molecule has 0 amide bonds. The van der Waals surface area contributed by atoms with Gasteiger partial charge in [0.2, 0.25) is 0 Å². The molecule has 2 rings (SSSR count). The number of hydrogen-bond acceptors (Lipinski definition) is 4. The highest BCUT2D eigenvalue weighted by molar-refractivity contribution is 9.10. The first-order valence-electron chi connectivity index (χ1n) is 6.10. The van der Waals surface area contributed by atoms with E-state index in [1.54, 1.807) is 0 Å². The summed E-state index contributed by atoms with van der Waals surface area (Å²) < 4.78 is 0.948. The summed E-state index contributed by atoms with van der Waals surface area (Å²) in [4.78, 5) is 6.79. The second-order valence-corrected chi connectivity index (χ2v) is 6.47. The number of pyridine rings is 1. The van der Waals surface area contributed by atoms with Crippen molar-refractivity contribution in [3.05, 3.63) is 28.9 Å². The number of hydrogen-bond donors (Lipinski definition) is 1. The zero-order valence-corrected chi connectivity index (χ0v) is 13.8. The lowest BCUT2D eigenvalue weighted by Gasteiger charge is -2.27. The van der Waals surface area contributed by atoms with Gasteiger partial charge in [-0.25, -0.2) is 0 Å². The van der Waals surface area contributed by atoms with Crippen molar-refractivity contribution in [1.82, 2.24) is 4.98 Å². The standard InChI is InChI=1S/C14H18BrN3S/c1-9(8-19-3)18(2)13-5-4-12(16)11-6-10(15)7-17-14(11)13/h4-7,9H,8,16H2,1-3H3. The molecule has 0 fully saturated rings. The van der Waals surface area contributed by atoms with Crippen LogP contribution in [0.2, 0.25) is 0 Å². The monoisotopic (exact) mass is 339 g/mol. The molecule has 1 aromatic heterocycles. The van der Waals surface area contributed by atoms with Gasteiger partial charge in [0.15, 0.2) is 0 Å². The molecule has 3 nitrogen and oxygen atoms in total. The van der Waals surface area contributed by atoms with Crippen molar-refractivity contribution in [2.24, 2.45) is 0 Å². The van der Waals surface area contributed by atoms with E-state index in [1.807, 2.05) is 30.1 Å². The van der Waals surface area contributed by atoms with Crippen LogP contribution in [0.3, 0.4) is 0 Å². The number of rotatable bonds is 4. The Morgan fingerprint density at radius 2 is 2.21 bits per heavy atom. The molecule has 1 unspecified atom stereocenters. The average molecular weight is 340 g/mol. The van der Waals surface area contributed by atoms with Crippen LogP contribution in [0.15, 0.2) is 28.9 Å². The molecule has 2 N–H and O–H groups in total. The Kier molecular flexibility index (Phi) is 4.58. The maximum atomic E-state index is 6.05. The van der Waals surface area contributed by atoms with Gasteiger partial charge in [0.05, 0.1) is 11.2 Å². The Labute approximate surface area is 126 Å². The summed E-state index contributed by atoms with van der Waals surface area (Å²) in [5.41, 5.74) is 8.89. The van der Waals surface area contributed by atoms with Gasteiger partial charge in [-0.1, -0.05) is 0 Å². The van der Waals surface area contributed by atoms with Crippen LogP contribution < -0.4 is 10.6 Å². The zero-order valence-electron chi connectivity index (χ0n) is 11.4. The summed E-state index contributed by atoms with van der Waals surface area (Å²) >= 11 is 5.30. The molecule has 102 valence electrons. The topological polar surface area (TPSA) is 42.1 Å². The minimum absolute atomic E-state index is 0.451. The number of halogens is 1. The van der Waals surface area contributed by atoms with Gasteiger partial charge in [0, 0.05) is 40.6 Å². The van der Waals surface area contributed by atoms with E-state index in [-0.39, 0.29) is 0 Å². The van der Waals surface area contributed by atoms with E-state index >= 15 is 0 Å². The van der Waals surface area contributed by atoms with Gasteiger partial charge in [-0.05, 0) is 47.3 Å². The second kappa shape index (κ2) is 6.01. The Balaban J connectivity index is 2.52. The fourth-order valence-electron chi connectivity index (χ4n) is 2.08. The Morgan fingerprint density at radius 1 is 1.47 bits per heavy atom. The third kappa shape index (κ3) is 2.98. The molecule has 0 bridgehead atoms. The first kappa shape index (κ1) is 14.5. The number of nitrogens with two attached hydrogens (primary N) is 1. The highest BCUT2D eigenvalue weighted by atomic mass is 79.9. The molecule has 0 aliphatic rings. The van der Waals surface area contributed by atoms with Crippen molar-refractivity contribution in [2.45, 2.75) is 13.0 Å². The molecular weight excluding hydrogens is 322 g/mol. The molecule has 5 heteroatoms. The van der Waals surface area contributed by atoms with Gasteiger partial charge in [-0.3, -0.25) is 4.98 Å².